The number of benzene rings is 6. The molecule has 6 aromatic carbocycles. The number of rotatable bonds is 8. The molecule has 0 fully saturated rings. The minimum Gasteiger partial charge on any atom is -0.292 e. The number of imidazole rings is 2. The Hall–Kier alpha value is -8.43. The maximum atomic E-state index is 5.11. The van der Waals surface area contributed by atoms with Crippen LogP contribution in [0.4, 0.5) is 0 Å². The topological polar surface area (TPSA) is 100 Å². The van der Waals surface area contributed by atoms with Crippen LogP contribution in [0.1, 0.15) is 0 Å². The van der Waals surface area contributed by atoms with E-state index in [0.717, 1.165) is 84.0 Å². The third kappa shape index (κ3) is 6.36. The fourth-order valence-corrected chi connectivity index (χ4v) is 7.72. The van der Waals surface area contributed by atoms with Gasteiger partial charge in [0.05, 0.1) is 33.4 Å². The molecule has 11 rings (SSSR count). The van der Waals surface area contributed by atoms with Crippen molar-refractivity contribution in [3.63, 3.8) is 0 Å². The molecule has 5 aromatic heterocycles. The first-order valence-electron chi connectivity index (χ1n) is 19.6. The minimum absolute atomic E-state index is 0.567. The Labute approximate surface area is 345 Å². The molecule has 0 saturated heterocycles. The first-order valence-corrected chi connectivity index (χ1v) is 19.6. The smallest absolute Gasteiger partial charge is 0.164 e. The van der Waals surface area contributed by atoms with Gasteiger partial charge in [-0.1, -0.05) is 121 Å². The van der Waals surface area contributed by atoms with Crippen LogP contribution in [0.5, 0.6) is 0 Å². The summed E-state index contributed by atoms with van der Waals surface area (Å²) >= 11 is 0. The van der Waals surface area contributed by atoms with Crippen molar-refractivity contribution >= 4 is 22.1 Å². The molecule has 0 bridgehead atoms. The van der Waals surface area contributed by atoms with Gasteiger partial charge in [-0.2, -0.15) is 0 Å². The Bertz CT molecular complexity index is 3110. The summed E-state index contributed by atoms with van der Waals surface area (Å²) in [7, 11) is 0. The molecule has 0 N–H and O–H groups in total. The van der Waals surface area contributed by atoms with Gasteiger partial charge in [-0.05, 0) is 65.7 Å². The van der Waals surface area contributed by atoms with Crippen molar-refractivity contribution in [1.82, 2.24) is 44.0 Å². The number of pyridine rings is 2. The molecule has 0 amide bonds. The molecule has 60 heavy (non-hydrogen) atoms. The molecular weight excluding hydrogens is 739 g/mol. The number of hydrogen-bond acceptors (Lipinski definition) is 7. The maximum absolute atomic E-state index is 5.11. The summed E-state index contributed by atoms with van der Waals surface area (Å²) in [4.78, 5) is 33.9. The van der Waals surface area contributed by atoms with Gasteiger partial charge in [-0.25, -0.2) is 24.9 Å². The molecule has 0 atom stereocenters. The summed E-state index contributed by atoms with van der Waals surface area (Å²) < 4.78 is 4.33. The number of nitrogens with zero attached hydrogens (tertiary/aromatic N) is 9. The van der Waals surface area contributed by atoms with E-state index in [-0.39, 0.29) is 0 Å². The van der Waals surface area contributed by atoms with Gasteiger partial charge in [-0.15, -0.1) is 0 Å². The van der Waals surface area contributed by atoms with E-state index < -0.39 is 0 Å². The molecular formula is C51H33N9. The Balaban J connectivity index is 1.01. The molecule has 0 aliphatic rings. The highest BCUT2D eigenvalue weighted by molar-refractivity contribution is 5.85. The lowest BCUT2D eigenvalue weighted by Gasteiger charge is -2.12. The van der Waals surface area contributed by atoms with Gasteiger partial charge in [0.1, 0.15) is 11.6 Å². The van der Waals surface area contributed by atoms with Crippen molar-refractivity contribution in [2.45, 2.75) is 0 Å². The fourth-order valence-electron chi connectivity index (χ4n) is 7.72. The van der Waals surface area contributed by atoms with E-state index in [1.165, 1.54) is 0 Å². The van der Waals surface area contributed by atoms with E-state index in [9.17, 15) is 0 Å². The van der Waals surface area contributed by atoms with E-state index in [1.54, 1.807) is 24.8 Å². The molecule has 9 heteroatoms. The second kappa shape index (κ2) is 14.8. The third-order valence-electron chi connectivity index (χ3n) is 10.6. The molecule has 0 unspecified atom stereocenters. The lowest BCUT2D eigenvalue weighted by atomic mass is 10.0. The SMILES string of the molecule is c1ccc(-c2cccc(-c3nc(-c4ccc(-c5nc6ccccc6n5-c5ccncc5)cc4)nc(-c4ccc(-c5nc6ccccc6n5-c5ccncc5)cc4)n3)c2)cc1. The average molecular weight is 772 g/mol. The monoisotopic (exact) mass is 771 g/mol. The second-order valence-corrected chi connectivity index (χ2v) is 14.3. The first kappa shape index (κ1) is 34.8. The fraction of sp³-hybridized carbons (Fsp3) is 0. The highest BCUT2D eigenvalue weighted by atomic mass is 15.1. The molecule has 0 saturated carbocycles. The molecule has 282 valence electrons. The summed E-state index contributed by atoms with van der Waals surface area (Å²) in [6.45, 7) is 0. The van der Waals surface area contributed by atoms with Crippen LogP contribution >= 0.6 is 0 Å². The minimum atomic E-state index is 0.567. The summed E-state index contributed by atoms with van der Waals surface area (Å²) in [5.41, 5.74) is 12.6. The van der Waals surface area contributed by atoms with Crippen LogP contribution in [0.25, 0.3) is 102 Å². The van der Waals surface area contributed by atoms with Crippen molar-refractivity contribution in [2.24, 2.45) is 0 Å². The normalized spacial score (nSPS) is 11.3. The zero-order valence-electron chi connectivity index (χ0n) is 32.1. The molecule has 5 heterocycles. The molecule has 0 aliphatic heterocycles. The lowest BCUT2D eigenvalue weighted by molar-refractivity contribution is 1.07. The molecule has 0 aliphatic carbocycles. The van der Waals surface area contributed by atoms with E-state index in [2.05, 4.69) is 110 Å². The highest BCUT2D eigenvalue weighted by Gasteiger charge is 2.18. The van der Waals surface area contributed by atoms with Crippen LogP contribution in [-0.4, -0.2) is 44.0 Å². The lowest BCUT2D eigenvalue weighted by Crippen LogP contribution is -2.01. The maximum Gasteiger partial charge on any atom is 0.164 e. The van der Waals surface area contributed by atoms with Gasteiger partial charge in [0.15, 0.2) is 17.5 Å². The van der Waals surface area contributed by atoms with Gasteiger partial charge < -0.3 is 0 Å². The number of aromatic nitrogens is 9. The molecule has 0 spiro atoms. The van der Waals surface area contributed by atoms with Crippen molar-refractivity contribution < 1.29 is 0 Å². The van der Waals surface area contributed by atoms with Crippen molar-refractivity contribution in [2.75, 3.05) is 0 Å². The summed E-state index contributed by atoms with van der Waals surface area (Å²) in [5, 5.41) is 0. The Morgan fingerprint density at radius 3 is 1.18 bits per heavy atom. The third-order valence-corrected chi connectivity index (χ3v) is 10.6. The zero-order chi connectivity index (χ0) is 39.8. The number of hydrogen-bond donors (Lipinski definition) is 0. The van der Waals surface area contributed by atoms with Crippen molar-refractivity contribution in [3.8, 4) is 79.4 Å². The average Bonchev–Trinajstić information content (AvgIpc) is 3.92. The second-order valence-electron chi connectivity index (χ2n) is 14.3. The van der Waals surface area contributed by atoms with Gasteiger partial charge in [0.2, 0.25) is 0 Å². The summed E-state index contributed by atoms with van der Waals surface area (Å²) in [6.07, 6.45) is 7.20. The predicted octanol–water partition coefficient (Wildman–Crippen LogP) is 11.3. The Morgan fingerprint density at radius 1 is 0.283 bits per heavy atom. The van der Waals surface area contributed by atoms with E-state index >= 15 is 0 Å². The highest BCUT2D eigenvalue weighted by Crippen LogP contribution is 2.34. The summed E-state index contributed by atoms with van der Waals surface area (Å²) in [5.74, 6) is 3.39. The van der Waals surface area contributed by atoms with Gasteiger partial charge >= 0.3 is 0 Å². The van der Waals surface area contributed by atoms with Crippen LogP contribution in [0, 0.1) is 0 Å². The predicted molar refractivity (Wildman–Crippen MR) is 237 cm³/mol. The van der Waals surface area contributed by atoms with Gasteiger partial charge in [0.25, 0.3) is 0 Å². The van der Waals surface area contributed by atoms with Crippen LogP contribution in [-0.2, 0) is 0 Å². The van der Waals surface area contributed by atoms with Crippen molar-refractivity contribution in [1.29, 1.82) is 0 Å². The first-order chi connectivity index (χ1) is 29.7. The Morgan fingerprint density at radius 2 is 0.683 bits per heavy atom. The summed E-state index contributed by atoms with van der Waals surface area (Å²) in [6, 6.07) is 59.6. The van der Waals surface area contributed by atoms with Crippen LogP contribution in [0.3, 0.4) is 0 Å². The van der Waals surface area contributed by atoms with E-state index in [4.69, 9.17) is 24.9 Å². The molecule has 9 nitrogen and oxygen atoms in total. The molecule has 11 aromatic rings. The van der Waals surface area contributed by atoms with E-state index in [1.807, 2.05) is 84.9 Å². The van der Waals surface area contributed by atoms with Crippen LogP contribution < -0.4 is 0 Å². The Kier molecular flexibility index (Phi) is 8.59. The van der Waals surface area contributed by atoms with Crippen molar-refractivity contribution in [3.05, 3.63) is 201 Å². The number of fused-ring (bicyclic) bond motifs is 2. The largest absolute Gasteiger partial charge is 0.292 e. The zero-order valence-corrected chi connectivity index (χ0v) is 32.1. The van der Waals surface area contributed by atoms with Gasteiger partial charge in [-0.3, -0.25) is 19.1 Å². The van der Waals surface area contributed by atoms with E-state index in [0.29, 0.717) is 17.5 Å². The van der Waals surface area contributed by atoms with Crippen LogP contribution in [0.15, 0.2) is 201 Å². The standard InChI is InChI=1S/C51H33N9/c1-2-9-34(10-3-1)39-11-8-12-40(33-39)49-57-47(35-17-21-37(22-18-35)50-54-43-13-4-6-15-45(43)59(50)41-25-29-52-30-26-41)56-48(58-49)36-19-23-38(24-20-36)51-55-44-14-5-7-16-46(44)60(51)42-27-31-53-32-28-42/h1-33H. The quantitative estimate of drug-likeness (QED) is 0.152. The molecule has 0 radical (unpaired) electrons. The number of para-hydroxylation sites is 4. The van der Waals surface area contributed by atoms with Crippen LogP contribution in [0.2, 0.25) is 0 Å². The van der Waals surface area contributed by atoms with Gasteiger partial charge in [0, 0.05) is 52.6 Å².